The van der Waals surface area contributed by atoms with Crippen LogP contribution in [0.25, 0.3) is 0 Å². The summed E-state index contributed by atoms with van der Waals surface area (Å²) in [4.78, 5) is 11.6. The number of nitrogens with two attached hydrogens (primary N) is 1. The molecule has 0 bridgehead atoms. The van der Waals surface area contributed by atoms with E-state index in [4.69, 9.17) is 10.5 Å². The summed E-state index contributed by atoms with van der Waals surface area (Å²) in [6, 6.07) is -0.0288. The number of carbonyl (C=O) groups excluding carboxylic acids is 1. The monoisotopic (exact) mass is 244 g/mol. The van der Waals surface area contributed by atoms with Gasteiger partial charge in [0.05, 0.1) is 5.60 Å². The second-order valence-electron chi connectivity index (χ2n) is 5.22. The highest BCUT2D eigenvalue weighted by Crippen LogP contribution is 2.32. The first-order valence-corrected chi connectivity index (χ1v) is 6.18. The Morgan fingerprint density at radius 1 is 1.65 bits per heavy atom. The summed E-state index contributed by atoms with van der Waals surface area (Å²) < 4.78 is 4.90. The highest BCUT2D eigenvalue weighted by atomic mass is 16.5. The van der Waals surface area contributed by atoms with Gasteiger partial charge in [0.25, 0.3) is 0 Å². The molecular formula is C12H24N2O3. The van der Waals surface area contributed by atoms with E-state index in [2.05, 4.69) is 5.32 Å². The summed E-state index contributed by atoms with van der Waals surface area (Å²) in [6.07, 6.45) is 3.13. The molecule has 2 atom stereocenters. The summed E-state index contributed by atoms with van der Waals surface area (Å²) in [5.41, 5.74) is 4.93. The van der Waals surface area contributed by atoms with Crippen LogP contribution < -0.4 is 11.1 Å². The number of methoxy groups -OCH3 is 1. The summed E-state index contributed by atoms with van der Waals surface area (Å²) in [6.45, 7) is 2.41. The third kappa shape index (κ3) is 6.00. The Hall–Kier alpha value is -0.650. The lowest BCUT2D eigenvalue weighted by molar-refractivity contribution is -0.122. The van der Waals surface area contributed by atoms with Gasteiger partial charge in [-0.05, 0) is 25.7 Å². The molecule has 1 aliphatic carbocycles. The Bertz CT molecular complexity index is 252. The van der Waals surface area contributed by atoms with Gasteiger partial charge in [-0.3, -0.25) is 4.79 Å². The van der Waals surface area contributed by atoms with Crippen LogP contribution in [0, 0.1) is 5.92 Å². The number of hydrogen-bond acceptors (Lipinski definition) is 4. The lowest BCUT2D eigenvalue weighted by atomic mass is 10.0. The van der Waals surface area contributed by atoms with E-state index in [1.54, 1.807) is 14.0 Å². The molecule has 1 aliphatic rings. The van der Waals surface area contributed by atoms with E-state index in [9.17, 15) is 9.90 Å². The summed E-state index contributed by atoms with van der Waals surface area (Å²) in [5, 5.41) is 12.6. The molecule has 4 N–H and O–H groups in total. The van der Waals surface area contributed by atoms with Gasteiger partial charge in [-0.1, -0.05) is 0 Å². The number of hydrogen-bond donors (Lipinski definition) is 3. The van der Waals surface area contributed by atoms with E-state index >= 15 is 0 Å². The van der Waals surface area contributed by atoms with Crippen molar-refractivity contribution in [3.05, 3.63) is 0 Å². The molecule has 0 spiro atoms. The zero-order valence-corrected chi connectivity index (χ0v) is 10.7. The molecule has 0 aromatic carbocycles. The smallest absolute Gasteiger partial charge is 0.221 e. The number of ether oxygens (including phenoxy) is 1. The van der Waals surface area contributed by atoms with E-state index in [0.717, 1.165) is 12.8 Å². The first-order valence-electron chi connectivity index (χ1n) is 6.18. The Balaban J connectivity index is 2.17. The van der Waals surface area contributed by atoms with Crippen LogP contribution in [0.4, 0.5) is 0 Å². The average molecular weight is 244 g/mol. The number of carbonyl (C=O) groups is 1. The molecule has 17 heavy (non-hydrogen) atoms. The minimum Gasteiger partial charge on any atom is -0.388 e. The molecule has 100 valence electrons. The molecule has 2 unspecified atom stereocenters. The van der Waals surface area contributed by atoms with Crippen LogP contribution in [-0.2, 0) is 9.53 Å². The molecule has 5 nitrogen and oxygen atoms in total. The van der Waals surface area contributed by atoms with Crippen LogP contribution in [0.2, 0.25) is 0 Å². The van der Waals surface area contributed by atoms with Crippen molar-refractivity contribution in [2.24, 2.45) is 11.7 Å². The Kier molecular flexibility index (Phi) is 5.36. The predicted molar refractivity (Wildman–Crippen MR) is 65.4 cm³/mol. The van der Waals surface area contributed by atoms with Crippen molar-refractivity contribution in [3.8, 4) is 0 Å². The van der Waals surface area contributed by atoms with Gasteiger partial charge >= 0.3 is 0 Å². The van der Waals surface area contributed by atoms with E-state index in [0.29, 0.717) is 25.4 Å². The third-order valence-corrected chi connectivity index (χ3v) is 3.16. The van der Waals surface area contributed by atoms with Crippen molar-refractivity contribution in [2.45, 2.75) is 44.2 Å². The molecule has 1 rings (SSSR count). The fraction of sp³-hybridized carbons (Fsp3) is 0.917. The lowest BCUT2D eigenvalue weighted by Crippen LogP contribution is -2.43. The van der Waals surface area contributed by atoms with Crippen molar-refractivity contribution in [1.82, 2.24) is 5.32 Å². The molecule has 1 fully saturated rings. The number of rotatable bonds is 8. The fourth-order valence-corrected chi connectivity index (χ4v) is 1.68. The van der Waals surface area contributed by atoms with Gasteiger partial charge < -0.3 is 20.9 Å². The second kappa shape index (κ2) is 6.33. The molecule has 5 heteroatoms. The zero-order valence-electron chi connectivity index (χ0n) is 10.7. The van der Waals surface area contributed by atoms with Gasteiger partial charge in [-0.25, -0.2) is 0 Å². The van der Waals surface area contributed by atoms with Gasteiger partial charge in [0.2, 0.25) is 5.91 Å². The van der Waals surface area contributed by atoms with Gasteiger partial charge in [0, 0.05) is 39.1 Å². The summed E-state index contributed by atoms with van der Waals surface area (Å²) in [5.74, 6) is 0.442. The maximum absolute atomic E-state index is 11.6. The zero-order chi connectivity index (χ0) is 12.9. The van der Waals surface area contributed by atoms with Crippen LogP contribution in [0.1, 0.15) is 32.6 Å². The van der Waals surface area contributed by atoms with E-state index < -0.39 is 5.60 Å². The molecule has 0 aromatic heterocycles. The highest BCUT2D eigenvalue weighted by Gasteiger charge is 2.30. The van der Waals surface area contributed by atoms with Crippen LogP contribution in [0.15, 0.2) is 0 Å². The second-order valence-corrected chi connectivity index (χ2v) is 5.22. The molecule has 0 heterocycles. The SMILES string of the molecule is COCCC(C)(O)CNC(=O)CC(N)C1CC1. The minimum atomic E-state index is -0.921. The molecule has 0 saturated heterocycles. The predicted octanol–water partition coefficient (Wildman–Crippen LogP) is 0.0175. The Morgan fingerprint density at radius 2 is 2.29 bits per heavy atom. The van der Waals surface area contributed by atoms with E-state index in [-0.39, 0.29) is 18.5 Å². The quantitative estimate of drug-likeness (QED) is 0.562. The molecule has 1 amide bonds. The number of amides is 1. The van der Waals surface area contributed by atoms with E-state index in [1.807, 2.05) is 0 Å². The average Bonchev–Trinajstić information content (AvgIpc) is 3.07. The van der Waals surface area contributed by atoms with Crippen LogP contribution in [0.3, 0.4) is 0 Å². The maximum Gasteiger partial charge on any atom is 0.221 e. The molecule has 0 radical (unpaired) electrons. The van der Waals surface area contributed by atoms with Crippen molar-refractivity contribution in [1.29, 1.82) is 0 Å². The highest BCUT2D eigenvalue weighted by molar-refractivity contribution is 5.76. The molecule has 1 saturated carbocycles. The van der Waals surface area contributed by atoms with Crippen molar-refractivity contribution < 1.29 is 14.6 Å². The van der Waals surface area contributed by atoms with Crippen molar-refractivity contribution in [2.75, 3.05) is 20.3 Å². The first kappa shape index (κ1) is 14.4. The lowest BCUT2D eigenvalue weighted by Gasteiger charge is -2.23. The first-order chi connectivity index (χ1) is 7.94. The Labute approximate surface area is 103 Å². The van der Waals surface area contributed by atoms with Crippen molar-refractivity contribution >= 4 is 5.91 Å². The number of aliphatic hydroxyl groups is 1. The summed E-state index contributed by atoms with van der Waals surface area (Å²) in [7, 11) is 1.59. The Morgan fingerprint density at radius 3 is 2.82 bits per heavy atom. The fourth-order valence-electron chi connectivity index (χ4n) is 1.68. The van der Waals surface area contributed by atoms with Crippen LogP contribution in [-0.4, -0.2) is 42.9 Å². The standard InChI is InChI=1S/C12H24N2O3/c1-12(16,5-6-17-2)8-14-11(15)7-10(13)9-3-4-9/h9-10,16H,3-8,13H2,1-2H3,(H,14,15). The number of nitrogens with one attached hydrogen (secondary N) is 1. The van der Waals surface area contributed by atoms with Gasteiger partial charge in [0.1, 0.15) is 0 Å². The molecule has 0 aliphatic heterocycles. The van der Waals surface area contributed by atoms with Crippen LogP contribution in [0.5, 0.6) is 0 Å². The van der Waals surface area contributed by atoms with Crippen molar-refractivity contribution in [3.63, 3.8) is 0 Å². The normalized spacial score (nSPS) is 20.7. The topological polar surface area (TPSA) is 84.6 Å². The van der Waals surface area contributed by atoms with Gasteiger partial charge in [0.15, 0.2) is 0 Å². The van der Waals surface area contributed by atoms with Gasteiger partial charge in [-0.2, -0.15) is 0 Å². The largest absolute Gasteiger partial charge is 0.388 e. The third-order valence-electron chi connectivity index (χ3n) is 3.16. The summed E-state index contributed by atoms with van der Waals surface area (Å²) >= 11 is 0. The minimum absolute atomic E-state index is 0.0288. The maximum atomic E-state index is 11.6. The van der Waals surface area contributed by atoms with Crippen LogP contribution >= 0.6 is 0 Å². The molecular weight excluding hydrogens is 220 g/mol. The van der Waals surface area contributed by atoms with E-state index in [1.165, 1.54) is 0 Å². The molecule has 0 aromatic rings. The van der Waals surface area contributed by atoms with Gasteiger partial charge in [-0.15, -0.1) is 0 Å².